The van der Waals surface area contributed by atoms with Crippen LogP contribution in [-0.2, 0) is 8.85 Å². The van der Waals surface area contributed by atoms with Crippen LogP contribution in [0.1, 0.15) is 26.2 Å². The Morgan fingerprint density at radius 3 is 2.61 bits per heavy atom. The number of nitrogens with zero attached hydrogens (tertiary/aromatic N) is 1. The average molecular weight is 290 g/mol. The Morgan fingerprint density at radius 1 is 1.28 bits per heavy atom. The van der Waals surface area contributed by atoms with E-state index in [4.69, 9.17) is 8.85 Å². The molecule has 0 aromatic rings. The number of rotatable bonds is 8. The molecule has 0 aliphatic carbocycles. The molecule has 1 aliphatic heterocycles. The van der Waals surface area contributed by atoms with Gasteiger partial charge in [-0.3, -0.25) is 0 Å². The van der Waals surface area contributed by atoms with Crippen LogP contribution in [0, 0.1) is 0 Å². The summed E-state index contributed by atoms with van der Waals surface area (Å²) < 4.78 is 14.3. The van der Waals surface area contributed by atoms with Gasteiger partial charge < -0.3 is 13.4 Å². The molecule has 1 saturated heterocycles. The van der Waals surface area contributed by atoms with Gasteiger partial charge in [0.1, 0.15) is 0 Å². The lowest BCUT2D eigenvalue weighted by molar-refractivity contribution is 0.310. The first-order valence-electron chi connectivity index (χ1n) is 7.38. The van der Waals surface area contributed by atoms with Crippen LogP contribution in [0.5, 0.6) is 0 Å². The van der Waals surface area contributed by atoms with Gasteiger partial charge in [-0.1, -0.05) is 6.42 Å². The molecule has 108 valence electrons. The van der Waals surface area contributed by atoms with Gasteiger partial charge in [0.15, 0.2) is 8.32 Å². The largest absolute Gasteiger partial charge is 0.418 e. The lowest BCUT2D eigenvalue weighted by Gasteiger charge is -2.31. The third-order valence-electron chi connectivity index (χ3n) is 4.17. The Labute approximate surface area is 115 Å². The average Bonchev–Trinajstić information content (AvgIpc) is 2.67. The first kappa shape index (κ1) is 16.4. The van der Waals surface area contributed by atoms with Gasteiger partial charge in [0, 0.05) is 13.7 Å². The molecule has 0 amide bonds. The molecule has 0 spiro atoms. The molecule has 1 rings (SSSR count). The molecular formula is C13H31NO2Si2. The molecule has 0 bridgehead atoms. The van der Waals surface area contributed by atoms with Gasteiger partial charge in [-0.05, 0) is 64.6 Å². The van der Waals surface area contributed by atoms with Crippen LogP contribution < -0.4 is 0 Å². The summed E-state index contributed by atoms with van der Waals surface area (Å²) in [6.07, 6.45) is 3.94. The molecule has 1 heterocycles. The van der Waals surface area contributed by atoms with Crippen molar-refractivity contribution in [3.05, 3.63) is 0 Å². The molecule has 0 saturated carbocycles. The monoisotopic (exact) mass is 289 g/mol. The topological polar surface area (TPSA) is 21.7 Å². The number of unbranched alkanes of at least 4 members (excludes halogenated alkanes) is 1. The minimum absolute atomic E-state index is 0.875. The van der Waals surface area contributed by atoms with Crippen molar-refractivity contribution in [3.63, 3.8) is 0 Å². The molecule has 1 aliphatic rings. The van der Waals surface area contributed by atoms with Crippen molar-refractivity contribution >= 4 is 16.8 Å². The van der Waals surface area contributed by atoms with Gasteiger partial charge in [0.25, 0.3) is 8.48 Å². The molecule has 1 fully saturated rings. The Hall–Kier alpha value is 0.314. The minimum atomic E-state index is -1.49. The van der Waals surface area contributed by atoms with Gasteiger partial charge in [0.05, 0.1) is 0 Å². The normalized spacial score (nSPS) is 25.8. The zero-order valence-corrected chi connectivity index (χ0v) is 14.9. The van der Waals surface area contributed by atoms with Crippen molar-refractivity contribution in [2.45, 2.75) is 57.9 Å². The maximum absolute atomic E-state index is 5.87. The maximum Gasteiger partial charge on any atom is 0.267 e. The lowest BCUT2D eigenvalue weighted by Crippen LogP contribution is -2.48. The zero-order chi connectivity index (χ0) is 13.6. The van der Waals surface area contributed by atoms with Crippen molar-refractivity contribution < 1.29 is 8.85 Å². The highest BCUT2D eigenvalue weighted by atomic mass is 28.4. The lowest BCUT2D eigenvalue weighted by atomic mass is 10.3. The molecular weight excluding hydrogens is 258 g/mol. The van der Waals surface area contributed by atoms with Crippen molar-refractivity contribution in [1.82, 2.24) is 4.57 Å². The van der Waals surface area contributed by atoms with E-state index in [1.807, 2.05) is 7.11 Å². The van der Waals surface area contributed by atoms with Crippen molar-refractivity contribution in [3.8, 4) is 0 Å². The van der Waals surface area contributed by atoms with Crippen LogP contribution in [-0.4, -0.2) is 48.2 Å². The van der Waals surface area contributed by atoms with Crippen LogP contribution in [0.2, 0.25) is 31.7 Å². The fraction of sp³-hybridized carbons (Fsp3) is 1.00. The van der Waals surface area contributed by atoms with E-state index >= 15 is 0 Å². The third-order valence-corrected chi connectivity index (χ3v) is 10.7. The highest BCUT2D eigenvalue weighted by Gasteiger charge is 2.39. The van der Waals surface area contributed by atoms with Gasteiger partial charge in [-0.2, -0.15) is 0 Å². The van der Waals surface area contributed by atoms with E-state index in [0.29, 0.717) is 0 Å². The van der Waals surface area contributed by atoms with Crippen molar-refractivity contribution in [1.29, 1.82) is 0 Å². The van der Waals surface area contributed by atoms with Gasteiger partial charge in [-0.25, -0.2) is 0 Å². The predicted molar refractivity (Wildman–Crippen MR) is 82.8 cm³/mol. The van der Waals surface area contributed by atoms with E-state index in [9.17, 15) is 0 Å². The summed E-state index contributed by atoms with van der Waals surface area (Å²) in [4.78, 5) is 0. The number of hydrogen-bond donors (Lipinski definition) is 0. The summed E-state index contributed by atoms with van der Waals surface area (Å²) in [5.74, 6) is 0. The second kappa shape index (κ2) is 7.19. The molecule has 0 radical (unpaired) electrons. The minimum Gasteiger partial charge on any atom is -0.418 e. The van der Waals surface area contributed by atoms with E-state index in [1.165, 1.54) is 44.4 Å². The summed E-state index contributed by atoms with van der Waals surface area (Å²) in [5.41, 5.74) is 0. The van der Waals surface area contributed by atoms with Crippen molar-refractivity contribution in [2.75, 3.05) is 26.8 Å². The first-order valence-corrected chi connectivity index (χ1v) is 13.1. The Morgan fingerprint density at radius 2 is 2.00 bits per heavy atom. The van der Waals surface area contributed by atoms with E-state index in [-0.39, 0.29) is 0 Å². The predicted octanol–water partition coefficient (Wildman–Crippen LogP) is 3.43. The molecule has 3 nitrogen and oxygen atoms in total. The third kappa shape index (κ3) is 4.77. The quantitative estimate of drug-likeness (QED) is 0.505. The van der Waals surface area contributed by atoms with Crippen LogP contribution in [0.25, 0.3) is 0 Å². The summed E-state index contributed by atoms with van der Waals surface area (Å²) >= 11 is 0. The van der Waals surface area contributed by atoms with Crippen LogP contribution in [0.3, 0.4) is 0 Å². The highest BCUT2D eigenvalue weighted by molar-refractivity contribution is 6.71. The van der Waals surface area contributed by atoms with E-state index in [1.54, 1.807) is 0 Å². The van der Waals surface area contributed by atoms with E-state index in [0.717, 1.165) is 6.61 Å². The van der Waals surface area contributed by atoms with E-state index in [2.05, 4.69) is 31.1 Å². The fourth-order valence-corrected chi connectivity index (χ4v) is 7.77. The van der Waals surface area contributed by atoms with Crippen LogP contribution in [0.4, 0.5) is 0 Å². The molecule has 5 heteroatoms. The SMILES string of the molecule is CCO[Si](C)(C)CCCCN1CCC[Si]1(C)OC. The highest BCUT2D eigenvalue weighted by Crippen LogP contribution is 2.27. The number of hydrogen-bond acceptors (Lipinski definition) is 3. The molecule has 18 heavy (non-hydrogen) atoms. The summed E-state index contributed by atoms with van der Waals surface area (Å²) in [6.45, 7) is 12.5. The second-order valence-corrected chi connectivity index (χ2v) is 14.3. The zero-order valence-electron chi connectivity index (χ0n) is 12.9. The summed E-state index contributed by atoms with van der Waals surface area (Å²) in [5, 5.41) is 0. The standard InChI is InChI=1S/C13H31NO2Si2/c1-6-16-17(3,4)12-8-7-10-14-11-9-13-18(14,5)15-2/h6-13H2,1-5H3. The van der Waals surface area contributed by atoms with Crippen molar-refractivity contribution in [2.24, 2.45) is 0 Å². The van der Waals surface area contributed by atoms with Gasteiger partial charge in [0.2, 0.25) is 0 Å². The smallest absolute Gasteiger partial charge is 0.267 e. The Bertz CT molecular complexity index is 251. The molecule has 1 unspecified atom stereocenters. The summed E-state index contributed by atoms with van der Waals surface area (Å²) in [6, 6.07) is 2.60. The maximum atomic E-state index is 5.87. The van der Waals surface area contributed by atoms with Crippen LogP contribution in [0.15, 0.2) is 0 Å². The van der Waals surface area contributed by atoms with Crippen LogP contribution >= 0.6 is 0 Å². The molecule has 0 N–H and O–H groups in total. The Balaban J connectivity index is 2.22. The fourth-order valence-electron chi connectivity index (χ4n) is 2.89. The first-order chi connectivity index (χ1) is 8.43. The molecule has 0 aromatic heterocycles. The Kier molecular flexibility index (Phi) is 6.54. The second-order valence-electron chi connectivity index (χ2n) is 6.12. The summed E-state index contributed by atoms with van der Waals surface area (Å²) in [7, 11) is -0.951. The molecule has 1 atom stereocenters. The van der Waals surface area contributed by atoms with Gasteiger partial charge in [-0.15, -0.1) is 0 Å². The van der Waals surface area contributed by atoms with Gasteiger partial charge >= 0.3 is 0 Å². The van der Waals surface area contributed by atoms with E-state index < -0.39 is 16.8 Å². The molecule has 0 aromatic carbocycles.